The third-order valence-corrected chi connectivity index (χ3v) is 3.35. The Bertz CT molecular complexity index is 875. The summed E-state index contributed by atoms with van der Waals surface area (Å²) in [6, 6.07) is 10.6. The average molecular weight is 264 g/mol. The summed E-state index contributed by atoms with van der Waals surface area (Å²) in [5.41, 5.74) is 8.11. The highest BCUT2D eigenvalue weighted by molar-refractivity contribution is 6.13. The van der Waals surface area contributed by atoms with Crippen molar-refractivity contribution in [3.8, 4) is 0 Å². The van der Waals surface area contributed by atoms with E-state index >= 15 is 0 Å². The number of aromatic amines is 1. The molecule has 0 fully saturated rings. The van der Waals surface area contributed by atoms with Crippen molar-refractivity contribution in [2.45, 2.75) is 0 Å². The molecule has 0 unspecified atom stereocenters. The van der Waals surface area contributed by atoms with Crippen LogP contribution in [0.3, 0.4) is 0 Å². The van der Waals surface area contributed by atoms with Crippen LogP contribution < -0.4 is 5.73 Å². The summed E-state index contributed by atoms with van der Waals surface area (Å²) in [6.45, 7) is 3.49. The minimum absolute atomic E-state index is 0.132. The smallest absolute Gasteiger partial charge is 0.248 e. The van der Waals surface area contributed by atoms with Crippen LogP contribution in [0.4, 0.5) is 0 Å². The highest BCUT2D eigenvalue weighted by atomic mass is 16.1. The zero-order valence-electron chi connectivity index (χ0n) is 10.6. The number of nitrogens with two attached hydrogens (primary N) is 1. The number of rotatable bonds is 3. The highest BCUT2D eigenvalue weighted by Gasteiger charge is 2.09. The van der Waals surface area contributed by atoms with Crippen LogP contribution in [-0.4, -0.2) is 16.7 Å². The number of ketones is 1. The molecule has 4 nitrogen and oxygen atoms in total. The number of H-pyrrole nitrogens is 1. The molecule has 0 saturated carbocycles. The van der Waals surface area contributed by atoms with E-state index in [1.807, 2.05) is 12.1 Å². The van der Waals surface area contributed by atoms with Crippen molar-refractivity contribution in [3.05, 3.63) is 60.2 Å². The number of allylic oxidation sites excluding steroid dienone is 1. The van der Waals surface area contributed by atoms with Gasteiger partial charge in [-0.25, -0.2) is 0 Å². The monoisotopic (exact) mass is 264 g/mol. The summed E-state index contributed by atoms with van der Waals surface area (Å²) in [5, 5.41) is 1.76. The molecular formula is C16H12N2O2. The molecule has 20 heavy (non-hydrogen) atoms. The molecular weight excluding hydrogens is 252 g/mol. The molecule has 3 rings (SSSR count). The van der Waals surface area contributed by atoms with Gasteiger partial charge in [0, 0.05) is 32.9 Å². The molecule has 0 spiro atoms. The lowest BCUT2D eigenvalue weighted by Crippen LogP contribution is -2.10. The molecule has 98 valence electrons. The van der Waals surface area contributed by atoms with Crippen molar-refractivity contribution in [1.29, 1.82) is 0 Å². The first-order valence-electron chi connectivity index (χ1n) is 6.12. The standard InChI is InChI=1S/C16H12N2O2/c1-2-15(19)9-3-5-13-11(7-9)12-8-10(16(17)20)4-6-14(12)18-13/h2-8,18H,1H2,(H2,17,20). The first kappa shape index (κ1) is 12.2. The normalized spacial score (nSPS) is 10.8. The van der Waals surface area contributed by atoms with Gasteiger partial charge in [0.2, 0.25) is 5.91 Å². The quantitative estimate of drug-likeness (QED) is 0.563. The molecule has 1 amide bonds. The third kappa shape index (κ3) is 1.78. The number of hydrogen-bond acceptors (Lipinski definition) is 2. The lowest BCUT2D eigenvalue weighted by atomic mass is 10.0. The van der Waals surface area contributed by atoms with Crippen LogP contribution >= 0.6 is 0 Å². The van der Waals surface area contributed by atoms with Crippen LogP contribution in [0.15, 0.2) is 49.1 Å². The second-order valence-electron chi connectivity index (χ2n) is 4.58. The number of benzene rings is 2. The number of nitrogens with one attached hydrogen (secondary N) is 1. The first-order chi connectivity index (χ1) is 9.60. The maximum Gasteiger partial charge on any atom is 0.248 e. The summed E-state index contributed by atoms with van der Waals surface area (Å²) in [4.78, 5) is 26.2. The van der Waals surface area contributed by atoms with Crippen LogP contribution in [0.2, 0.25) is 0 Å². The maximum absolute atomic E-state index is 11.7. The number of aromatic nitrogens is 1. The summed E-state index contributed by atoms with van der Waals surface area (Å²) < 4.78 is 0. The summed E-state index contributed by atoms with van der Waals surface area (Å²) >= 11 is 0. The van der Waals surface area contributed by atoms with E-state index in [4.69, 9.17) is 5.73 Å². The van der Waals surface area contributed by atoms with E-state index in [0.29, 0.717) is 11.1 Å². The van der Waals surface area contributed by atoms with Crippen molar-refractivity contribution >= 4 is 33.5 Å². The Morgan fingerprint density at radius 3 is 2.10 bits per heavy atom. The lowest BCUT2D eigenvalue weighted by Gasteiger charge is -1.98. The second-order valence-corrected chi connectivity index (χ2v) is 4.58. The highest BCUT2D eigenvalue weighted by Crippen LogP contribution is 2.27. The number of carbonyl (C=O) groups is 2. The van der Waals surface area contributed by atoms with Crippen molar-refractivity contribution in [2.24, 2.45) is 5.73 Å². The molecule has 0 atom stereocenters. The largest absolute Gasteiger partial charge is 0.366 e. The zero-order chi connectivity index (χ0) is 14.3. The van der Waals surface area contributed by atoms with E-state index < -0.39 is 5.91 Å². The van der Waals surface area contributed by atoms with Gasteiger partial charge in [-0.2, -0.15) is 0 Å². The van der Waals surface area contributed by atoms with Gasteiger partial charge < -0.3 is 10.7 Å². The molecule has 0 aliphatic heterocycles. The van der Waals surface area contributed by atoms with Gasteiger partial charge in [0.05, 0.1) is 0 Å². The van der Waals surface area contributed by atoms with E-state index in [2.05, 4.69) is 11.6 Å². The Morgan fingerprint density at radius 1 is 1.00 bits per heavy atom. The van der Waals surface area contributed by atoms with Crippen molar-refractivity contribution in [1.82, 2.24) is 4.98 Å². The van der Waals surface area contributed by atoms with Crippen LogP contribution in [0.5, 0.6) is 0 Å². The van der Waals surface area contributed by atoms with E-state index in [9.17, 15) is 9.59 Å². The van der Waals surface area contributed by atoms with Crippen LogP contribution in [0.1, 0.15) is 20.7 Å². The van der Waals surface area contributed by atoms with E-state index in [0.717, 1.165) is 21.8 Å². The molecule has 0 bridgehead atoms. The molecule has 1 heterocycles. The Kier molecular flexibility index (Phi) is 2.64. The van der Waals surface area contributed by atoms with Gasteiger partial charge in [-0.05, 0) is 42.5 Å². The predicted molar refractivity (Wildman–Crippen MR) is 78.9 cm³/mol. The molecule has 0 aliphatic rings. The van der Waals surface area contributed by atoms with Gasteiger partial charge in [-0.3, -0.25) is 9.59 Å². The Morgan fingerprint density at radius 2 is 1.55 bits per heavy atom. The fourth-order valence-corrected chi connectivity index (χ4v) is 2.32. The third-order valence-electron chi connectivity index (χ3n) is 3.35. The topological polar surface area (TPSA) is 75.9 Å². The SMILES string of the molecule is C=CC(=O)c1ccc2[nH]c3ccc(C(N)=O)cc3c2c1. The molecule has 3 aromatic rings. The first-order valence-corrected chi connectivity index (χ1v) is 6.12. The number of carbonyl (C=O) groups excluding carboxylic acids is 2. The number of hydrogen-bond donors (Lipinski definition) is 2. The maximum atomic E-state index is 11.7. The molecule has 1 aromatic heterocycles. The summed E-state index contributed by atoms with van der Waals surface area (Å²) in [7, 11) is 0. The lowest BCUT2D eigenvalue weighted by molar-refractivity contribution is 0.0999. The van der Waals surface area contributed by atoms with Gasteiger partial charge in [0.15, 0.2) is 5.78 Å². The van der Waals surface area contributed by atoms with Crippen LogP contribution in [0, 0.1) is 0 Å². The second kappa shape index (κ2) is 4.35. The van der Waals surface area contributed by atoms with E-state index in [1.54, 1.807) is 24.3 Å². The van der Waals surface area contributed by atoms with Gasteiger partial charge in [-0.15, -0.1) is 0 Å². The Hall–Kier alpha value is -2.88. The van der Waals surface area contributed by atoms with E-state index in [-0.39, 0.29) is 5.78 Å². The van der Waals surface area contributed by atoms with Crippen molar-refractivity contribution in [3.63, 3.8) is 0 Å². The molecule has 3 N–H and O–H groups in total. The van der Waals surface area contributed by atoms with Crippen LogP contribution in [0.25, 0.3) is 21.8 Å². The van der Waals surface area contributed by atoms with E-state index in [1.165, 1.54) is 6.08 Å². The Balaban J connectivity index is 2.33. The van der Waals surface area contributed by atoms with Crippen molar-refractivity contribution < 1.29 is 9.59 Å². The fraction of sp³-hybridized carbons (Fsp3) is 0. The minimum Gasteiger partial charge on any atom is -0.366 e. The molecule has 0 saturated heterocycles. The fourth-order valence-electron chi connectivity index (χ4n) is 2.32. The van der Waals surface area contributed by atoms with Crippen LogP contribution in [-0.2, 0) is 0 Å². The van der Waals surface area contributed by atoms with Gasteiger partial charge >= 0.3 is 0 Å². The molecule has 0 radical (unpaired) electrons. The number of fused-ring (bicyclic) bond motifs is 3. The van der Waals surface area contributed by atoms with Crippen molar-refractivity contribution in [2.75, 3.05) is 0 Å². The number of primary amides is 1. The molecule has 4 heteroatoms. The summed E-state index contributed by atoms with van der Waals surface area (Å²) in [6.07, 6.45) is 1.28. The molecule has 2 aromatic carbocycles. The zero-order valence-corrected chi connectivity index (χ0v) is 10.6. The Labute approximate surface area is 114 Å². The average Bonchev–Trinajstić information content (AvgIpc) is 2.83. The summed E-state index contributed by atoms with van der Waals surface area (Å²) in [5.74, 6) is -0.605. The van der Waals surface area contributed by atoms with Gasteiger partial charge in [0.1, 0.15) is 0 Å². The molecule has 0 aliphatic carbocycles. The van der Waals surface area contributed by atoms with Gasteiger partial charge in [-0.1, -0.05) is 6.58 Å². The predicted octanol–water partition coefficient (Wildman–Crippen LogP) is 2.79. The number of amides is 1. The van der Waals surface area contributed by atoms with Gasteiger partial charge in [0.25, 0.3) is 0 Å². The minimum atomic E-state index is -0.473.